The largest absolute Gasteiger partial charge is 0.472 e. The Morgan fingerprint density at radius 3 is 2.38 bits per heavy atom. The number of anilines is 2. The summed E-state index contributed by atoms with van der Waals surface area (Å²) < 4.78 is 55.9. The highest BCUT2D eigenvalue weighted by molar-refractivity contribution is 8.00. The highest BCUT2D eigenvalue weighted by Gasteiger charge is 2.53. The van der Waals surface area contributed by atoms with Gasteiger partial charge < -0.3 is 36.2 Å². The Hall–Kier alpha value is -3.05. The number of aromatic amines is 1. The smallest absolute Gasteiger partial charge is 0.389 e. The first kappa shape index (κ1) is 30.6. The molecule has 0 radical (unpaired) electrons. The van der Waals surface area contributed by atoms with E-state index in [0.717, 1.165) is 18.1 Å². The minimum atomic E-state index is -5.05. The molecule has 3 aliphatic rings. The number of nitrogens with zero attached hydrogens (tertiary/aromatic N) is 7. The van der Waals surface area contributed by atoms with Gasteiger partial charge in [-0.15, -0.1) is 11.8 Å². The Balaban J connectivity index is 1.21. The zero-order valence-electron chi connectivity index (χ0n) is 22.4. The van der Waals surface area contributed by atoms with Crippen LogP contribution in [0.25, 0.3) is 22.3 Å². The second kappa shape index (κ2) is 11.0. The first-order valence-electron chi connectivity index (χ1n) is 13.0. The van der Waals surface area contributed by atoms with E-state index in [9.17, 15) is 33.9 Å². The number of imidazole rings is 2. The van der Waals surface area contributed by atoms with Gasteiger partial charge in [0.1, 0.15) is 41.6 Å². The summed E-state index contributed by atoms with van der Waals surface area (Å²) in [6.07, 6.45) is -5.63. The monoisotopic (exact) mass is 690 g/mol. The van der Waals surface area contributed by atoms with E-state index in [1.54, 1.807) is 0 Å². The van der Waals surface area contributed by atoms with Gasteiger partial charge in [-0.05, 0) is 0 Å². The van der Waals surface area contributed by atoms with Gasteiger partial charge in [0.15, 0.2) is 28.9 Å². The number of H-pyrrole nitrogens is 1. The van der Waals surface area contributed by atoms with Crippen molar-refractivity contribution in [1.82, 2.24) is 39.0 Å². The second-order valence-electron chi connectivity index (χ2n) is 10.1. The highest BCUT2D eigenvalue weighted by atomic mass is 32.2. The second-order valence-corrected chi connectivity index (χ2v) is 14.3. The average Bonchev–Trinajstić information content (AvgIpc) is 3.72. The third-order valence-corrected chi connectivity index (χ3v) is 10.8. The standard InChI is InChI=1S/C20H24N10O12P2S/c21-14-8-15(24-3-23-14)29(4-25-8)18-11(32)12-6(40-18)1-38-43(34,35)42-13-10(31)7(2-39-44(36,37)41-12)45-19(13)30-5-26-9-16(30)27-20(22)28-17(9)33/h3-7,10-13,18-19,31-32H,1-2H2,(H,34,35)(H,36,37)(H2,21,23,24)(H3,22,27,28,33)/t6-,7-,10-,11-,12-,13-,18-,19-/m1/s1. The number of nitrogen functional groups attached to an aromatic ring is 2. The van der Waals surface area contributed by atoms with Crippen molar-refractivity contribution in [1.29, 1.82) is 0 Å². The SMILES string of the molecule is Nc1nc2c(ncn2[C@@H]2S[C@@H]3COP(=O)(O)O[C@H]4[C@@H](O)[C@H](n5cnc6c(N)ncnc65)O[C@@H]4COP(=O)(O)O[C@@H]2[C@@H]3O)c(=O)[nH]1. The lowest BCUT2D eigenvalue weighted by atomic mass is 10.1. The number of phosphoric acid groups is 2. The van der Waals surface area contributed by atoms with Crippen LogP contribution in [0.1, 0.15) is 11.6 Å². The van der Waals surface area contributed by atoms with Crippen molar-refractivity contribution in [3.05, 3.63) is 29.3 Å². The predicted molar refractivity (Wildman–Crippen MR) is 150 cm³/mol. The van der Waals surface area contributed by atoms with Crippen LogP contribution >= 0.6 is 27.4 Å². The summed E-state index contributed by atoms with van der Waals surface area (Å²) in [4.78, 5) is 56.1. The molecule has 0 aromatic carbocycles. The highest BCUT2D eigenvalue weighted by Crippen LogP contribution is 2.56. The molecule has 3 aliphatic heterocycles. The lowest BCUT2D eigenvalue weighted by Gasteiger charge is -2.26. The molecule has 10 atom stereocenters. The first-order chi connectivity index (χ1) is 21.3. The Labute approximate surface area is 253 Å². The van der Waals surface area contributed by atoms with Gasteiger partial charge in [-0.1, -0.05) is 0 Å². The molecule has 4 aromatic heterocycles. The quantitative estimate of drug-likeness (QED) is 0.116. The van der Waals surface area contributed by atoms with E-state index in [-0.39, 0.29) is 34.1 Å². The van der Waals surface area contributed by atoms with Gasteiger partial charge in [-0.3, -0.25) is 37.0 Å². The number of rotatable bonds is 2. The normalized spacial score (nSPS) is 37.7. The number of hydrogen-bond acceptors (Lipinski definition) is 18. The van der Waals surface area contributed by atoms with Crippen LogP contribution in [0, 0.1) is 0 Å². The van der Waals surface area contributed by atoms with Gasteiger partial charge in [0.05, 0.1) is 37.2 Å². The lowest BCUT2D eigenvalue weighted by molar-refractivity contribution is -0.0547. The third-order valence-electron chi connectivity index (χ3n) is 7.32. The zero-order chi connectivity index (χ0) is 31.8. The third kappa shape index (κ3) is 5.43. The molecule has 25 heteroatoms. The van der Waals surface area contributed by atoms with E-state index < -0.39 is 81.8 Å². The number of fused-ring (bicyclic) bond motifs is 5. The fourth-order valence-electron chi connectivity index (χ4n) is 5.30. The van der Waals surface area contributed by atoms with E-state index in [4.69, 9.17) is 34.3 Å². The molecule has 45 heavy (non-hydrogen) atoms. The maximum absolute atomic E-state index is 13.2. The number of thioether (sulfide) groups is 1. The number of aromatic nitrogens is 8. The minimum absolute atomic E-state index is 0.0247. The number of hydrogen-bond donors (Lipinski definition) is 7. The van der Waals surface area contributed by atoms with Gasteiger partial charge in [0, 0.05) is 0 Å². The summed E-state index contributed by atoms with van der Waals surface area (Å²) in [5, 5.41) is 20.1. The molecule has 0 saturated carbocycles. The molecule has 242 valence electrons. The average molecular weight is 690 g/mol. The van der Waals surface area contributed by atoms with E-state index >= 15 is 0 Å². The molecular formula is C20H24N10O12P2S. The molecule has 0 spiro atoms. The summed E-state index contributed by atoms with van der Waals surface area (Å²) in [5.74, 6) is -0.194. The van der Waals surface area contributed by atoms with E-state index in [0.29, 0.717) is 0 Å². The summed E-state index contributed by atoms with van der Waals surface area (Å²) in [7, 11) is -10.0. The summed E-state index contributed by atoms with van der Waals surface area (Å²) in [5.41, 5.74) is 11.1. The molecule has 4 aromatic rings. The lowest BCUT2D eigenvalue weighted by Crippen LogP contribution is -2.36. The van der Waals surface area contributed by atoms with Crippen LogP contribution in [0.5, 0.6) is 0 Å². The van der Waals surface area contributed by atoms with Crippen molar-refractivity contribution < 1.29 is 52.0 Å². The van der Waals surface area contributed by atoms with E-state index in [2.05, 4.69) is 29.9 Å². The van der Waals surface area contributed by atoms with Crippen LogP contribution in [-0.4, -0.2) is 108 Å². The van der Waals surface area contributed by atoms with Crippen molar-refractivity contribution in [2.45, 2.75) is 47.4 Å². The molecule has 7 heterocycles. The Morgan fingerprint density at radius 2 is 1.60 bits per heavy atom. The van der Waals surface area contributed by atoms with Gasteiger partial charge in [0.2, 0.25) is 5.95 Å². The van der Waals surface area contributed by atoms with E-state index in [1.165, 1.54) is 21.8 Å². The summed E-state index contributed by atoms with van der Waals surface area (Å²) in [6, 6.07) is 0. The topological polar surface area (TPSA) is 320 Å². The Bertz CT molecular complexity index is 1940. The van der Waals surface area contributed by atoms with Crippen LogP contribution in [0.15, 0.2) is 23.8 Å². The number of nitrogens with two attached hydrogens (primary N) is 2. The summed E-state index contributed by atoms with van der Waals surface area (Å²) in [6.45, 7) is -1.43. The number of aliphatic hydroxyl groups excluding tert-OH is 2. The fraction of sp³-hybridized carbons (Fsp3) is 0.500. The van der Waals surface area contributed by atoms with Crippen molar-refractivity contribution >= 4 is 61.5 Å². The van der Waals surface area contributed by atoms with Gasteiger partial charge >= 0.3 is 15.6 Å². The molecule has 3 saturated heterocycles. The maximum Gasteiger partial charge on any atom is 0.472 e. The van der Waals surface area contributed by atoms with Gasteiger partial charge in [-0.25, -0.2) is 29.1 Å². The zero-order valence-corrected chi connectivity index (χ0v) is 25.0. The Morgan fingerprint density at radius 1 is 0.911 bits per heavy atom. The van der Waals surface area contributed by atoms with Crippen LogP contribution in [0.4, 0.5) is 11.8 Å². The number of phosphoric ester groups is 2. The van der Waals surface area contributed by atoms with Crippen LogP contribution < -0.4 is 17.0 Å². The van der Waals surface area contributed by atoms with Crippen LogP contribution in [0.2, 0.25) is 0 Å². The molecule has 2 unspecified atom stereocenters. The molecule has 7 rings (SSSR count). The van der Waals surface area contributed by atoms with Crippen LogP contribution in [-0.2, 0) is 32.0 Å². The number of ether oxygens (including phenoxy) is 1. The van der Waals surface area contributed by atoms with Crippen LogP contribution in [0.3, 0.4) is 0 Å². The van der Waals surface area contributed by atoms with Crippen molar-refractivity contribution in [3.8, 4) is 0 Å². The fourth-order valence-corrected chi connectivity index (χ4v) is 8.88. The van der Waals surface area contributed by atoms with Crippen molar-refractivity contribution in [2.24, 2.45) is 0 Å². The maximum atomic E-state index is 13.2. The first-order valence-corrected chi connectivity index (χ1v) is 16.9. The molecular weight excluding hydrogens is 666 g/mol. The minimum Gasteiger partial charge on any atom is -0.389 e. The molecule has 3 fully saturated rings. The molecule has 0 amide bonds. The molecule has 9 N–H and O–H groups in total. The predicted octanol–water partition coefficient (Wildman–Crippen LogP) is -1.62. The Kier molecular flexibility index (Phi) is 7.50. The number of aliphatic hydroxyl groups is 2. The van der Waals surface area contributed by atoms with E-state index in [1.807, 2.05) is 0 Å². The summed E-state index contributed by atoms with van der Waals surface area (Å²) >= 11 is 0.908. The van der Waals surface area contributed by atoms with Crippen molar-refractivity contribution in [3.63, 3.8) is 0 Å². The van der Waals surface area contributed by atoms with Crippen molar-refractivity contribution in [2.75, 3.05) is 24.7 Å². The molecule has 22 nitrogen and oxygen atoms in total. The van der Waals surface area contributed by atoms with Gasteiger partial charge in [-0.2, -0.15) is 4.98 Å². The number of nitrogens with one attached hydrogen (secondary N) is 1. The molecule has 2 bridgehead atoms. The molecule has 0 aliphatic carbocycles. The van der Waals surface area contributed by atoms with Gasteiger partial charge in [0.25, 0.3) is 5.56 Å².